The van der Waals surface area contributed by atoms with E-state index in [1.807, 2.05) is 18.2 Å². The van der Waals surface area contributed by atoms with Gasteiger partial charge in [0.25, 0.3) is 0 Å². The molecule has 0 spiro atoms. The zero-order valence-electron chi connectivity index (χ0n) is 17.3. The quantitative estimate of drug-likeness (QED) is 0.688. The van der Waals surface area contributed by atoms with E-state index in [-0.39, 0.29) is 17.4 Å². The first-order valence-corrected chi connectivity index (χ1v) is 9.50. The molecular weight excluding hydrogens is 322 g/mol. The minimum atomic E-state index is 0.0196. The Bertz CT molecular complexity index is 623. The summed E-state index contributed by atoms with van der Waals surface area (Å²) in [5, 5.41) is 15.4. The van der Waals surface area contributed by atoms with Crippen molar-refractivity contribution in [3.63, 3.8) is 0 Å². The van der Waals surface area contributed by atoms with Crippen molar-refractivity contribution in [2.75, 3.05) is 6.54 Å². The number of carbonyl (C=O) groups is 1. The summed E-state index contributed by atoms with van der Waals surface area (Å²) in [7, 11) is 0. The number of hydrogen-bond acceptors (Lipinski definition) is 3. The molecular formula is C22H35N3O. The normalized spacial score (nSPS) is 13.1. The monoisotopic (exact) mass is 357 g/mol. The van der Waals surface area contributed by atoms with Crippen LogP contribution in [0.15, 0.2) is 24.3 Å². The summed E-state index contributed by atoms with van der Waals surface area (Å²) in [5.41, 5.74) is 2.06. The largest absolute Gasteiger partial charge is 0.355 e. The Hall–Kier alpha value is -1.86. The Balaban J connectivity index is 2.34. The van der Waals surface area contributed by atoms with Gasteiger partial charge in [0.1, 0.15) is 0 Å². The van der Waals surface area contributed by atoms with Crippen LogP contribution in [0.5, 0.6) is 0 Å². The van der Waals surface area contributed by atoms with E-state index in [1.165, 1.54) is 0 Å². The SMILES string of the molecule is CC(CNC(=O)CC(C)(C)CCC(C)(C)C)NCc1cccc(C#N)c1. The van der Waals surface area contributed by atoms with Gasteiger partial charge in [-0.05, 0) is 48.3 Å². The van der Waals surface area contributed by atoms with Gasteiger partial charge in [-0.25, -0.2) is 0 Å². The Labute approximate surface area is 159 Å². The highest BCUT2D eigenvalue weighted by Gasteiger charge is 2.24. The predicted molar refractivity (Wildman–Crippen MR) is 108 cm³/mol. The van der Waals surface area contributed by atoms with E-state index in [0.29, 0.717) is 30.5 Å². The molecule has 4 nitrogen and oxygen atoms in total. The van der Waals surface area contributed by atoms with Gasteiger partial charge in [-0.3, -0.25) is 4.79 Å². The molecule has 0 fully saturated rings. The van der Waals surface area contributed by atoms with Crippen LogP contribution in [-0.4, -0.2) is 18.5 Å². The maximum absolute atomic E-state index is 12.3. The van der Waals surface area contributed by atoms with E-state index >= 15 is 0 Å². The fraction of sp³-hybridized carbons (Fsp3) is 0.636. The van der Waals surface area contributed by atoms with E-state index in [1.54, 1.807) is 6.07 Å². The van der Waals surface area contributed by atoms with Crippen molar-refractivity contribution in [2.24, 2.45) is 10.8 Å². The molecule has 0 saturated heterocycles. The molecule has 0 bridgehead atoms. The third-order valence-electron chi connectivity index (χ3n) is 4.51. The van der Waals surface area contributed by atoms with Crippen molar-refractivity contribution in [3.05, 3.63) is 35.4 Å². The lowest BCUT2D eigenvalue weighted by atomic mass is 9.78. The zero-order valence-corrected chi connectivity index (χ0v) is 17.3. The van der Waals surface area contributed by atoms with Crippen LogP contribution in [0.2, 0.25) is 0 Å². The Morgan fingerprint density at radius 2 is 1.88 bits per heavy atom. The van der Waals surface area contributed by atoms with E-state index in [4.69, 9.17) is 5.26 Å². The number of benzene rings is 1. The van der Waals surface area contributed by atoms with E-state index in [9.17, 15) is 4.79 Å². The first-order valence-electron chi connectivity index (χ1n) is 9.50. The molecule has 26 heavy (non-hydrogen) atoms. The van der Waals surface area contributed by atoms with Gasteiger partial charge in [0, 0.05) is 25.6 Å². The molecule has 1 rings (SSSR count). The van der Waals surface area contributed by atoms with E-state index < -0.39 is 0 Å². The maximum Gasteiger partial charge on any atom is 0.220 e. The summed E-state index contributed by atoms with van der Waals surface area (Å²) in [6, 6.07) is 9.89. The number of nitrogens with one attached hydrogen (secondary N) is 2. The first kappa shape index (κ1) is 22.2. The molecule has 0 aliphatic rings. The second kappa shape index (κ2) is 9.73. The van der Waals surface area contributed by atoms with Crippen LogP contribution >= 0.6 is 0 Å². The average molecular weight is 358 g/mol. The van der Waals surface area contributed by atoms with Crippen molar-refractivity contribution >= 4 is 5.91 Å². The maximum atomic E-state index is 12.3. The molecule has 1 unspecified atom stereocenters. The van der Waals surface area contributed by atoms with Crippen molar-refractivity contribution in [3.8, 4) is 6.07 Å². The molecule has 1 aromatic carbocycles. The molecule has 0 aliphatic carbocycles. The second-order valence-electron chi connectivity index (χ2n) is 9.30. The van der Waals surface area contributed by atoms with Crippen LogP contribution in [0.3, 0.4) is 0 Å². The lowest BCUT2D eigenvalue weighted by Gasteiger charge is -2.28. The fourth-order valence-corrected chi connectivity index (χ4v) is 2.68. The van der Waals surface area contributed by atoms with Crippen LogP contribution in [0, 0.1) is 22.2 Å². The molecule has 1 aromatic rings. The minimum Gasteiger partial charge on any atom is -0.355 e. The summed E-state index contributed by atoms with van der Waals surface area (Å²) < 4.78 is 0. The van der Waals surface area contributed by atoms with Crippen molar-refractivity contribution in [1.82, 2.24) is 10.6 Å². The highest BCUT2D eigenvalue weighted by Crippen LogP contribution is 2.32. The molecule has 0 heterocycles. The van der Waals surface area contributed by atoms with Crippen LogP contribution in [-0.2, 0) is 11.3 Å². The number of hydrogen-bond donors (Lipinski definition) is 2. The molecule has 2 N–H and O–H groups in total. The molecule has 144 valence electrons. The van der Waals surface area contributed by atoms with Gasteiger partial charge in [0.05, 0.1) is 11.6 Å². The summed E-state index contributed by atoms with van der Waals surface area (Å²) in [6.45, 7) is 14.4. The third-order valence-corrected chi connectivity index (χ3v) is 4.51. The van der Waals surface area contributed by atoms with E-state index in [0.717, 1.165) is 18.4 Å². The lowest BCUT2D eigenvalue weighted by molar-refractivity contribution is -0.123. The van der Waals surface area contributed by atoms with Crippen molar-refractivity contribution < 1.29 is 4.79 Å². The second-order valence-corrected chi connectivity index (χ2v) is 9.30. The van der Waals surface area contributed by atoms with Crippen molar-refractivity contribution in [1.29, 1.82) is 5.26 Å². The number of nitriles is 1. The van der Waals surface area contributed by atoms with Gasteiger partial charge in [0.15, 0.2) is 0 Å². The van der Waals surface area contributed by atoms with Gasteiger partial charge < -0.3 is 10.6 Å². The summed E-state index contributed by atoms with van der Waals surface area (Å²) in [5.74, 6) is 0.115. The average Bonchev–Trinajstić information content (AvgIpc) is 2.56. The topological polar surface area (TPSA) is 64.9 Å². The zero-order chi connectivity index (χ0) is 19.8. The molecule has 1 amide bonds. The molecule has 0 aliphatic heterocycles. The predicted octanol–water partition coefficient (Wildman–Crippen LogP) is 4.40. The first-order chi connectivity index (χ1) is 12.0. The molecule has 1 atom stereocenters. The lowest BCUT2D eigenvalue weighted by Crippen LogP contribution is -2.39. The summed E-state index contributed by atoms with van der Waals surface area (Å²) in [6.07, 6.45) is 2.72. The molecule has 0 aromatic heterocycles. The number of amides is 1. The number of rotatable bonds is 9. The van der Waals surface area contributed by atoms with Gasteiger partial charge in [-0.1, -0.05) is 46.8 Å². The number of carbonyl (C=O) groups excluding carboxylic acids is 1. The smallest absolute Gasteiger partial charge is 0.220 e. The highest BCUT2D eigenvalue weighted by atomic mass is 16.1. The Morgan fingerprint density at radius 1 is 1.19 bits per heavy atom. The van der Waals surface area contributed by atoms with Crippen LogP contribution in [0.4, 0.5) is 0 Å². The Kier molecular flexibility index (Phi) is 8.30. The fourth-order valence-electron chi connectivity index (χ4n) is 2.68. The number of nitrogens with zero attached hydrogens (tertiary/aromatic N) is 1. The van der Waals surface area contributed by atoms with Gasteiger partial charge in [-0.15, -0.1) is 0 Å². The van der Waals surface area contributed by atoms with Gasteiger partial charge >= 0.3 is 0 Å². The summed E-state index contributed by atoms with van der Waals surface area (Å²) >= 11 is 0. The van der Waals surface area contributed by atoms with Crippen molar-refractivity contribution in [2.45, 2.75) is 73.4 Å². The molecule has 4 heteroatoms. The molecule has 0 radical (unpaired) electrons. The minimum absolute atomic E-state index is 0.0196. The Morgan fingerprint density at radius 3 is 2.50 bits per heavy atom. The highest BCUT2D eigenvalue weighted by molar-refractivity contribution is 5.76. The van der Waals surface area contributed by atoms with E-state index in [2.05, 4.69) is 58.2 Å². The summed E-state index contributed by atoms with van der Waals surface area (Å²) in [4.78, 5) is 12.3. The van der Waals surface area contributed by atoms with Gasteiger partial charge in [-0.2, -0.15) is 5.26 Å². The third kappa shape index (κ3) is 9.58. The van der Waals surface area contributed by atoms with Gasteiger partial charge in [0.2, 0.25) is 5.91 Å². The van der Waals surface area contributed by atoms with Crippen LogP contribution < -0.4 is 10.6 Å². The van der Waals surface area contributed by atoms with Crippen LogP contribution in [0.1, 0.15) is 71.9 Å². The molecule has 0 saturated carbocycles. The van der Waals surface area contributed by atoms with Crippen LogP contribution in [0.25, 0.3) is 0 Å². The standard InChI is InChI=1S/C22H35N3O/c1-17(24-16-19-9-7-8-18(12-19)14-23)15-25-20(26)13-22(5,6)11-10-21(2,3)4/h7-9,12,17,24H,10-11,13,15-16H2,1-6H3,(H,25,26).